The average molecular weight is 621 g/mol. The van der Waals surface area contributed by atoms with Crippen LogP contribution in [0.15, 0.2) is 70.4 Å². The molecule has 0 saturated carbocycles. The fourth-order valence-corrected chi connectivity index (χ4v) is 4.86. The third-order valence-electron chi connectivity index (χ3n) is 6.89. The van der Waals surface area contributed by atoms with Gasteiger partial charge < -0.3 is 35.6 Å². The van der Waals surface area contributed by atoms with Crippen molar-refractivity contribution in [2.75, 3.05) is 71.1 Å². The Hall–Kier alpha value is -3.67. The summed E-state index contributed by atoms with van der Waals surface area (Å²) >= 11 is 12.2. The first-order valence-electron chi connectivity index (χ1n) is 13.5. The maximum absolute atomic E-state index is 13.0. The maximum atomic E-state index is 13.0. The third kappa shape index (κ3) is 8.91. The molecule has 0 aromatic heterocycles. The van der Waals surface area contributed by atoms with E-state index in [1.807, 2.05) is 24.1 Å². The van der Waals surface area contributed by atoms with Crippen molar-refractivity contribution in [2.24, 2.45) is 4.99 Å². The van der Waals surface area contributed by atoms with Crippen LogP contribution in [0, 0.1) is 0 Å². The van der Waals surface area contributed by atoms with Gasteiger partial charge in [0.1, 0.15) is 29.8 Å². The number of carbonyl (C=O) groups excluding carboxylic acids is 2. The molecule has 2 heterocycles. The van der Waals surface area contributed by atoms with Crippen molar-refractivity contribution in [1.82, 2.24) is 20.4 Å². The Morgan fingerprint density at radius 3 is 2.62 bits per heavy atom. The lowest BCUT2D eigenvalue weighted by Crippen LogP contribution is -2.43. The summed E-state index contributed by atoms with van der Waals surface area (Å²) in [6.07, 6.45) is 6.64. The number of piperidine rings is 1. The number of nitrogens with one attached hydrogen (secondary N) is 4. The predicted molar refractivity (Wildman–Crippen MR) is 169 cm³/mol. The van der Waals surface area contributed by atoms with E-state index in [0.717, 1.165) is 25.9 Å². The van der Waals surface area contributed by atoms with E-state index < -0.39 is 0 Å². The number of amides is 3. The van der Waals surface area contributed by atoms with E-state index in [-0.39, 0.29) is 29.4 Å². The zero-order valence-corrected chi connectivity index (χ0v) is 25.9. The zero-order chi connectivity index (χ0) is 30.6. The highest BCUT2D eigenvalue weighted by Crippen LogP contribution is 2.32. The van der Waals surface area contributed by atoms with Crippen molar-refractivity contribution in [1.29, 1.82) is 0 Å². The van der Waals surface area contributed by atoms with E-state index in [1.54, 1.807) is 19.2 Å². The van der Waals surface area contributed by atoms with E-state index >= 15 is 0 Å². The fourth-order valence-electron chi connectivity index (χ4n) is 4.48. The minimum Gasteiger partial charge on any atom is -0.500 e. The molecule has 3 amide bonds. The van der Waals surface area contributed by atoms with Crippen LogP contribution in [-0.2, 0) is 14.3 Å². The number of hydrogen-bond donors (Lipinski definition) is 4. The fraction of sp³-hybridized carbons (Fsp3) is 0.414. The molecule has 1 aromatic rings. The topological polar surface area (TPSA) is 120 Å². The summed E-state index contributed by atoms with van der Waals surface area (Å²) in [5.41, 5.74) is 2.48. The molecule has 0 atom stereocenters. The van der Waals surface area contributed by atoms with Gasteiger partial charge in [-0.1, -0.05) is 24.2 Å². The van der Waals surface area contributed by atoms with Crippen LogP contribution in [0.4, 0.5) is 16.2 Å². The second-order valence-corrected chi connectivity index (χ2v) is 10.4. The van der Waals surface area contributed by atoms with Gasteiger partial charge in [0.25, 0.3) is 0 Å². The van der Waals surface area contributed by atoms with E-state index in [9.17, 15) is 9.59 Å². The second-order valence-electron chi connectivity index (χ2n) is 9.67. The number of urea groups is 1. The van der Waals surface area contributed by atoms with Crippen LogP contribution < -0.4 is 21.3 Å². The van der Waals surface area contributed by atoms with E-state index in [0.29, 0.717) is 47.1 Å². The van der Waals surface area contributed by atoms with Crippen molar-refractivity contribution in [3.05, 3.63) is 70.9 Å². The monoisotopic (exact) mass is 619 g/mol. The molecule has 42 heavy (non-hydrogen) atoms. The molecular formula is C29H39Cl2N7O4. The molecule has 1 aromatic carbocycles. The van der Waals surface area contributed by atoms with Crippen molar-refractivity contribution in [2.45, 2.75) is 18.8 Å². The van der Waals surface area contributed by atoms with Crippen LogP contribution in [0.5, 0.6) is 0 Å². The van der Waals surface area contributed by atoms with Crippen LogP contribution >= 0.6 is 23.2 Å². The van der Waals surface area contributed by atoms with Gasteiger partial charge in [0.2, 0.25) is 5.91 Å². The van der Waals surface area contributed by atoms with Gasteiger partial charge in [-0.05, 0) is 55.6 Å². The third-order valence-corrected chi connectivity index (χ3v) is 7.47. The molecule has 11 nitrogen and oxygen atoms in total. The Kier molecular flexibility index (Phi) is 12.6. The smallest absolute Gasteiger partial charge is 0.323 e. The average Bonchev–Trinajstić information content (AvgIpc) is 3.02. The summed E-state index contributed by atoms with van der Waals surface area (Å²) < 4.78 is 10.5. The lowest BCUT2D eigenvalue weighted by atomic mass is 9.90. The number of alkyl halides is 1. The van der Waals surface area contributed by atoms with Gasteiger partial charge in [-0.3, -0.25) is 9.69 Å². The lowest BCUT2D eigenvalue weighted by Gasteiger charge is -2.31. The number of methoxy groups -OCH3 is 2. The van der Waals surface area contributed by atoms with Gasteiger partial charge >= 0.3 is 6.03 Å². The standard InChI is InChI=1S/C29H39Cl2N7O4/c1-6-27(39)36-24-13-20(19-9-11-32-12-10-19)7-8-23(24)35-26-15-28(37(2)18-34-26)38(3)29(40)33-17-22(31)25(42-5)14-21(16-30)41-4/h6-8,13-15,19,32H,1,9-12,16-18H2,2-5H3,(H,33,40)(H,34,35)(H,36,39). The van der Waals surface area contributed by atoms with E-state index in [1.165, 1.54) is 30.8 Å². The first-order valence-corrected chi connectivity index (χ1v) is 14.4. The molecule has 1 fully saturated rings. The van der Waals surface area contributed by atoms with E-state index in [2.05, 4.69) is 38.9 Å². The first kappa shape index (κ1) is 32.8. The van der Waals surface area contributed by atoms with Crippen molar-refractivity contribution >= 4 is 52.4 Å². The Bertz CT molecular complexity index is 1270. The number of benzene rings is 1. The van der Waals surface area contributed by atoms with Gasteiger partial charge in [-0.15, -0.1) is 11.6 Å². The zero-order valence-electron chi connectivity index (χ0n) is 24.4. The number of amidine groups is 1. The number of ether oxygens (including phenoxy) is 2. The minimum absolute atomic E-state index is 0.0235. The number of anilines is 2. The van der Waals surface area contributed by atoms with Gasteiger partial charge in [-0.25, -0.2) is 9.79 Å². The maximum Gasteiger partial charge on any atom is 0.323 e. The molecule has 0 bridgehead atoms. The molecule has 0 unspecified atom stereocenters. The Morgan fingerprint density at radius 2 is 1.98 bits per heavy atom. The lowest BCUT2D eigenvalue weighted by molar-refractivity contribution is -0.111. The summed E-state index contributed by atoms with van der Waals surface area (Å²) in [6, 6.07) is 5.63. The number of aliphatic imine (C=N–C) groups is 1. The number of halogens is 2. The van der Waals surface area contributed by atoms with Crippen LogP contribution in [-0.4, -0.2) is 88.1 Å². The van der Waals surface area contributed by atoms with Crippen molar-refractivity contribution in [3.63, 3.8) is 0 Å². The molecule has 0 radical (unpaired) electrons. The van der Waals surface area contributed by atoms with Crippen LogP contribution in [0.3, 0.4) is 0 Å². The Labute approximate surface area is 257 Å². The highest BCUT2D eigenvalue weighted by molar-refractivity contribution is 6.30. The molecule has 0 spiro atoms. The summed E-state index contributed by atoms with van der Waals surface area (Å²) in [5.74, 6) is 2.19. The minimum atomic E-state index is -0.387. The molecule has 228 valence electrons. The SMILES string of the molecule is C=CC(=O)Nc1cc(C2CCNCC2)ccc1NC1=NCN(C)C(N(C)C(=O)NCC(Cl)=C(C=C(CCl)OC)OC)=C1. The second kappa shape index (κ2) is 16.1. The summed E-state index contributed by atoms with van der Waals surface area (Å²) in [5, 5.41) is 12.7. The molecule has 2 aliphatic rings. The Balaban J connectivity index is 1.76. The Morgan fingerprint density at radius 1 is 1.24 bits per heavy atom. The van der Waals surface area contributed by atoms with Gasteiger partial charge in [0.05, 0.1) is 43.1 Å². The highest BCUT2D eigenvalue weighted by Gasteiger charge is 2.22. The van der Waals surface area contributed by atoms with Gasteiger partial charge in [0.15, 0.2) is 0 Å². The molecule has 1 saturated heterocycles. The molecule has 0 aliphatic carbocycles. The first-order chi connectivity index (χ1) is 20.2. The van der Waals surface area contributed by atoms with Crippen molar-refractivity contribution < 1.29 is 19.1 Å². The molecule has 4 N–H and O–H groups in total. The number of hydrogen-bond acceptors (Lipinski definition) is 8. The summed E-state index contributed by atoms with van der Waals surface area (Å²) in [7, 11) is 6.44. The van der Waals surface area contributed by atoms with Crippen LogP contribution in [0.1, 0.15) is 24.3 Å². The normalized spacial score (nSPS) is 16.4. The number of carbonyl (C=O) groups is 2. The molecule has 3 rings (SSSR count). The quantitative estimate of drug-likeness (QED) is 0.126. The highest BCUT2D eigenvalue weighted by atomic mass is 35.5. The van der Waals surface area contributed by atoms with Gasteiger partial charge in [0, 0.05) is 26.2 Å². The number of allylic oxidation sites excluding steroid dienone is 2. The molecular weight excluding hydrogens is 581 g/mol. The molecule has 13 heteroatoms. The summed E-state index contributed by atoms with van der Waals surface area (Å²) in [4.78, 5) is 33.1. The summed E-state index contributed by atoms with van der Waals surface area (Å²) in [6.45, 7) is 5.84. The van der Waals surface area contributed by atoms with Crippen LogP contribution in [0.2, 0.25) is 0 Å². The number of nitrogens with zero attached hydrogens (tertiary/aromatic N) is 3. The number of rotatable bonds is 11. The predicted octanol–water partition coefficient (Wildman–Crippen LogP) is 4.34. The van der Waals surface area contributed by atoms with Crippen molar-refractivity contribution in [3.8, 4) is 0 Å². The van der Waals surface area contributed by atoms with E-state index in [4.69, 9.17) is 32.7 Å². The van der Waals surface area contributed by atoms with Gasteiger partial charge in [-0.2, -0.15) is 0 Å². The van der Waals surface area contributed by atoms with Crippen LogP contribution in [0.25, 0.3) is 0 Å². The molecule has 2 aliphatic heterocycles. The largest absolute Gasteiger partial charge is 0.500 e.